The van der Waals surface area contributed by atoms with Crippen molar-refractivity contribution in [1.82, 2.24) is 9.88 Å². The molecule has 1 saturated heterocycles. The van der Waals surface area contributed by atoms with Crippen LogP contribution in [0, 0.1) is 5.82 Å². The van der Waals surface area contributed by atoms with E-state index in [1.165, 1.54) is 25.2 Å². The molecule has 0 bridgehead atoms. The van der Waals surface area contributed by atoms with Gasteiger partial charge in [0, 0.05) is 30.9 Å². The second-order valence-electron chi connectivity index (χ2n) is 4.84. The summed E-state index contributed by atoms with van der Waals surface area (Å²) in [7, 11) is 0. The molecule has 1 aliphatic carbocycles. The summed E-state index contributed by atoms with van der Waals surface area (Å²) in [4.78, 5) is 5.98. The van der Waals surface area contributed by atoms with Crippen molar-refractivity contribution in [2.75, 3.05) is 13.1 Å². The molecule has 2 heterocycles. The molecule has 0 aromatic carbocycles. The second kappa shape index (κ2) is 3.50. The summed E-state index contributed by atoms with van der Waals surface area (Å²) in [5, 5.41) is 10.5. The van der Waals surface area contributed by atoms with Crippen molar-refractivity contribution >= 4 is 0 Å². The second-order valence-corrected chi connectivity index (χ2v) is 4.84. The lowest BCUT2D eigenvalue weighted by Gasteiger charge is -2.24. The van der Waals surface area contributed by atoms with Gasteiger partial charge in [0.1, 0.15) is 11.4 Å². The fourth-order valence-electron chi connectivity index (χ4n) is 2.55. The summed E-state index contributed by atoms with van der Waals surface area (Å²) in [6.45, 7) is 1.42. The maximum Gasteiger partial charge on any atom is 0.147 e. The van der Waals surface area contributed by atoms with E-state index in [1.807, 2.05) is 0 Å². The zero-order chi connectivity index (χ0) is 11.2. The molecule has 1 aromatic heterocycles. The van der Waals surface area contributed by atoms with Gasteiger partial charge in [-0.15, -0.1) is 0 Å². The van der Waals surface area contributed by atoms with Gasteiger partial charge in [0.25, 0.3) is 0 Å². The van der Waals surface area contributed by atoms with Crippen molar-refractivity contribution in [3.8, 4) is 0 Å². The Labute approximate surface area is 93.9 Å². The Morgan fingerprint density at radius 1 is 1.50 bits per heavy atom. The fourth-order valence-corrected chi connectivity index (χ4v) is 2.55. The number of β-amino-alcohol motifs (C(OH)–C–C–N with tert-alkyl or cyclic N) is 1. The van der Waals surface area contributed by atoms with Crippen LogP contribution in [0.3, 0.4) is 0 Å². The number of halogens is 1. The Hall–Kier alpha value is -1.00. The average Bonchev–Trinajstić information content (AvgIpc) is 3.04. The van der Waals surface area contributed by atoms with Crippen LogP contribution in [0.1, 0.15) is 24.8 Å². The Balaban J connectivity index is 1.86. The monoisotopic (exact) mass is 222 g/mol. The van der Waals surface area contributed by atoms with Crippen LogP contribution in [0.2, 0.25) is 0 Å². The zero-order valence-electron chi connectivity index (χ0n) is 9.06. The average molecular weight is 222 g/mol. The lowest BCUT2D eigenvalue weighted by molar-refractivity contribution is 0.0415. The molecule has 0 spiro atoms. The van der Waals surface area contributed by atoms with Gasteiger partial charge in [-0.3, -0.25) is 9.88 Å². The summed E-state index contributed by atoms with van der Waals surface area (Å²) in [6.07, 6.45) is 5.76. The van der Waals surface area contributed by atoms with E-state index < -0.39 is 11.4 Å². The first-order chi connectivity index (χ1) is 7.69. The van der Waals surface area contributed by atoms with Gasteiger partial charge < -0.3 is 5.11 Å². The van der Waals surface area contributed by atoms with Crippen LogP contribution in [-0.4, -0.2) is 34.1 Å². The van der Waals surface area contributed by atoms with Gasteiger partial charge >= 0.3 is 0 Å². The van der Waals surface area contributed by atoms with Crippen LogP contribution in [0.25, 0.3) is 0 Å². The highest BCUT2D eigenvalue weighted by atomic mass is 19.1. The molecule has 3 rings (SSSR count). The Morgan fingerprint density at radius 3 is 3.00 bits per heavy atom. The first-order valence-corrected chi connectivity index (χ1v) is 5.75. The lowest BCUT2D eigenvalue weighted by Crippen LogP contribution is -2.32. The van der Waals surface area contributed by atoms with E-state index in [2.05, 4.69) is 9.88 Å². The minimum Gasteiger partial charge on any atom is -0.384 e. The highest BCUT2D eigenvalue weighted by Gasteiger charge is 2.44. The summed E-state index contributed by atoms with van der Waals surface area (Å²) < 4.78 is 13.6. The van der Waals surface area contributed by atoms with Gasteiger partial charge in [-0.25, -0.2) is 4.39 Å². The van der Waals surface area contributed by atoms with Crippen LogP contribution >= 0.6 is 0 Å². The van der Waals surface area contributed by atoms with Gasteiger partial charge in [-0.1, -0.05) is 0 Å². The van der Waals surface area contributed by atoms with Crippen LogP contribution in [0.15, 0.2) is 18.5 Å². The molecule has 0 amide bonds. The fraction of sp³-hybridized carbons (Fsp3) is 0.583. The molecular formula is C12H15FN2O. The SMILES string of the molecule is OC1(c2ccncc2F)CCN(C2CC2)C1. The largest absolute Gasteiger partial charge is 0.384 e. The molecule has 16 heavy (non-hydrogen) atoms. The topological polar surface area (TPSA) is 36.4 Å². The number of likely N-dealkylation sites (tertiary alicyclic amines) is 1. The van der Waals surface area contributed by atoms with E-state index in [-0.39, 0.29) is 0 Å². The van der Waals surface area contributed by atoms with Gasteiger partial charge in [0.2, 0.25) is 0 Å². The smallest absolute Gasteiger partial charge is 0.147 e. The van der Waals surface area contributed by atoms with Crippen molar-refractivity contribution in [3.63, 3.8) is 0 Å². The number of aliphatic hydroxyl groups is 1. The minimum atomic E-state index is -1.02. The standard InChI is InChI=1S/C12H15FN2O/c13-11-7-14-5-3-10(11)12(16)4-6-15(8-12)9-1-2-9/h3,5,7,9,16H,1-2,4,6,8H2. The minimum absolute atomic E-state index is 0.394. The van der Waals surface area contributed by atoms with Gasteiger partial charge in [0.05, 0.1) is 6.20 Å². The number of hydrogen-bond donors (Lipinski definition) is 1. The van der Waals surface area contributed by atoms with Crippen molar-refractivity contribution in [2.45, 2.75) is 30.9 Å². The molecule has 1 saturated carbocycles. The maximum atomic E-state index is 13.6. The number of hydrogen-bond acceptors (Lipinski definition) is 3. The molecular weight excluding hydrogens is 207 g/mol. The third-order valence-electron chi connectivity index (χ3n) is 3.61. The van der Waals surface area contributed by atoms with Crippen LogP contribution in [0.4, 0.5) is 4.39 Å². The van der Waals surface area contributed by atoms with Crippen molar-refractivity contribution in [2.24, 2.45) is 0 Å². The molecule has 1 atom stereocenters. The summed E-state index contributed by atoms with van der Waals surface area (Å²) in [5.74, 6) is -0.400. The quantitative estimate of drug-likeness (QED) is 0.818. The summed E-state index contributed by atoms with van der Waals surface area (Å²) >= 11 is 0. The summed E-state index contributed by atoms with van der Waals surface area (Å²) in [6, 6.07) is 2.21. The highest BCUT2D eigenvalue weighted by molar-refractivity contribution is 5.23. The van der Waals surface area contributed by atoms with Crippen molar-refractivity contribution in [3.05, 3.63) is 29.8 Å². The molecule has 4 heteroatoms. The van der Waals surface area contributed by atoms with Crippen molar-refractivity contribution in [1.29, 1.82) is 0 Å². The molecule has 1 N–H and O–H groups in total. The molecule has 1 unspecified atom stereocenters. The van der Waals surface area contributed by atoms with Crippen LogP contribution < -0.4 is 0 Å². The molecule has 2 aliphatic rings. The highest BCUT2D eigenvalue weighted by Crippen LogP contribution is 2.38. The maximum absolute atomic E-state index is 13.6. The molecule has 86 valence electrons. The number of aromatic nitrogens is 1. The first-order valence-electron chi connectivity index (χ1n) is 5.75. The van der Waals surface area contributed by atoms with Gasteiger partial charge in [-0.2, -0.15) is 0 Å². The van der Waals surface area contributed by atoms with E-state index in [1.54, 1.807) is 6.07 Å². The lowest BCUT2D eigenvalue weighted by atomic mass is 9.93. The van der Waals surface area contributed by atoms with E-state index in [9.17, 15) is 9.50 Å². The number of pyridine rings is 1. The predicted molar refractivity (Wildman–Crippen MR) is 57.3 cm³/mol. The van der Waals surface area contributed by atoms with E-state index in [0.29, 0.717) is 24.6 Å². The Morgan fingerprint density at radius 2 is 2.31 bits per heavy atom. The molecule has 3 nitrogen and oxygen atoms in total. The normalized spacial score (nSPS) is 30.9. The predicted octanol–water partition coefficient (Wildman–Crippen LogP) is 1.28. The van der Waals surface area contributed by atoms with Crippen LogP contribution in [0.5, 0.6) is 0 Å². The Bertz CT molecular complexity index is 408. The zero-order valence-corrected chi connectivity index (χ0v) is 9.06. The number of rotatable bonds is 2. The first kappa shape index (κ1) is 10.2. The molecule has 1 aromatic rings. The molecule has 2 fully saturated rings. The molecule has 0 radical (unpaired) electrons. The Kier molecular flexibility index (Phi) is 2.23. The number of nitrogens with zero attached hydrogens (tertiary/aromatic N) is 2. The van der Waals surface area contributed by atoms with Crippen LogP contribution in [-0.2, 0) is 5.60 Å². The third kappa shape index (κ3) is 1.62. The molecule has 1 aliphatic heterocycles. The van der Waals surface area contributed by atoms with E-state index in [4.69, 9.17) is 0 Å². The van der Waals surface area contributed by atoms with Crippen molar-refractivity contribution < 1.29 is 9.50 Å². The summed E-state index contributed by atoms with van der Waals surface area (Å²) in [5.41, 5.74) is -0.624. The van der Waals surface area contributed by atoms with E-state index >= 15 is 0 Å². The van der Waals surface area contributed by atoms with Gasteiger partial charge in [0.15, 0.2) is 0 Å². The van der Waals surface area contributed by atoms with E-state index in [0.717, 1.165) is 6.54 Å². The third-order valence-corrected chi connectivity index (χ3v) is 3.61. The van der Waals surface area contributed by atoms with Gasteiger partial charge in [-0.05, 0) is 25.3 Å².